The zero-order valence-electron chi connectivity index (χ0n) is 17.4. The lowest BCUT2D eigenvalue weighted by atomic mass is 9.90. The largest absolute Gasteiger partial charge is 0.508 e. The number of hydrogen-bond acceptors (Lipinski definition) is 6. The van der Waals surface area contributed by atoms with Gasteiger partial charge in [0.2, 0.25) is 5.91 Å². The summed E-state index contributed by atoms with van der Waals surface area (Å²) in [6.07, 6.45) is -0.987. The number of fused-ring (bicyclic) bond motifs is 1. The summed E-state index contributed by atoms with van der Waals surface area (Å²) in [6, 6.07) is 22.2. The van der Waals surface area contributed by atoms with Crippen LogP contribution in [0.3, 0.4) is 0 Å². The number of carbonyl (C=O) groups is 2. The maximum absolute atomic E-state index is 13.6. The van der Waals surface area contributed by atoms with E-state index in [1.807, 2.05) is 37.3 Å². The van der Waals surface area contributed by atoms with E-state index in [9.17, 15) is 14.7 Å². The van der Waals surface area contributed by atoms with Gasteiger partial charge in [-0.3, -0.25) is 14.4 Å². The van der Waals surface area contributed by atoms with E-state index in [0.29, 0.717) is 29.3 Å². The lowest BCUT2D eigenvalue weighted by Gasteiger charge is -2.29. The fourth-order valence-corrected chi connectivity index (χ4v) is 4.38. The van der Waals surface area contributed by atoms with E-state index >= 15 is 0 Å². The molecule has 7 heteroatoms. The molecule has 2 heterocycles. The van der Waals surface area contributed by atoms with E-state index in [4.69, 9.17) is 9.57 Å². The Morgan fingerprint density at radius 3 is 2.25 bits per heavy atom. The summed E-state index contributed by atoms with van der Waals surface area (Å²) in [6.45, 7) is 2.41. The van der Waals surface area contributed by atoms with Gasteiger partial charge >= 0.3 is 0 Å². The number of phenolic OH excluding ortho intramolecular Hbond substituents is 1. The zero-order chi connectivity index (χ0) is 22.2. The van der Waals surface area contributed by atoms with Crippen molar-refractivity contribution in [1.82, 2.24) is 0 Å². The highest BCUT2D eigenvalue weighted by atomic mass is 16.7. The average Bonchev–Trinajstić information content (AvgIpc) is 3.32. The Labute approximate surface area is 185 Å². The van der Waals surface area contributed by atoms with Crippen LogP contribution in [0.25, 0.3) is 0 Å². The van der Waals surface area contributed by atoms with E-state index < -0.39 is 24.0 Å². The van der Waals surface area contributed by atoms with Crippen molar-refractivity contribution in [3.05, 3.63) is 84.4 Å². The Kier molecular flexibility index (Phi) is 5.03. The third-order valence-electron chi connectivity index (χ3n) is 5.79. The number of anilines is 2. The number of hydrogen-bond donors (Lipinski definition) is 1. The smallest absolute Gasteiger partial charge is 0.266 e. The minimum absolute atomic E-state index is 0.0439. The highest BCUT2D eigenvalue weighted by molar-refractivity contribution is 6.24. The third kappa shape index (κ3) is 3.18. The summed E-state index contributed by atoms with van der Waals surface area (Å²) in [4.78, 5) is 34.1. The summed E-state index contributed by atoms with van der Waals surface area (Å²) < 4.78 is 5.46. The number of nitrogens with zero attached hydrogens (tertiary/aromatic N) is 2. The quantitative estimate of drug-likeness (QED) is 0.620. The highest BCUT2D eigenvalue weighted by Crippen LogP contribution is 2.49. The Morgan fingerprint density at radius 2 is 1.56 bits per heavy atom. The second-order valence-electron chi connectivity index (χ2n) is 7.66. The average molecular weight is 430 g/mol. The van der Waals surface area contributed by atoms with E-state index in [1.54, 1.807) is 53.6 Å². The molecule has 0 unspecified atom stereocenters. The van der Waals surface area contributed by atoms with Crippen molar-refractivity contribution < 1.29 is 24.3 Å². The van der Waals surface area contributed by atoms with Gasteiger partial charge in [-0.1, -0.05) is 36.4 Å². The van der Waals surface area contributed by atoms with E-state index in [-0.39, 0.29) is 11.7 Å². The molecule has 0 radical (unpaired) electrons. The summed E-state index contributed by atoms with van der Waals surface area (Å²) in [5.41, 5.74) is 1.69. The van der Waals surface area contributed by atoms with Crippen LogP contribution in [0.5, 0.6) is 11.5 Å². The Hall–Kier alpha value is -3.84. The molecule has 5 rings (SSSR count). The van der Waals surface area contributed by atoms with Gasteiger partial charge in [-0.15, -0.1) is 0 Å². The Balaban J connectivity index is 1.55. The van der Waals surface area contributed by atoms with Crippen molar-refractivity contribution in [3.63, 3.8) is 0 Å². The first-order valence-corrected chi connectivity index (χ1v) is 10.5. The van der Waals surface area contributed by atoms with Crippen LogP contribution in [0.15, 0.2) is 78.9 Å². The molecular formula is C25H22N2O5. The fraction of sp³-hybridized carbons (Fsp3) is 0.200. The van der Waals surface area contributed by atoms with Gasteiger partial charge in [-0.25, -0.2) is 9.96 Å². The van der Waals surface area contributed by atoms with Gasteiger partial charge in [-0.2, -0.15) is 0 Å². The van der Waals surface area contributed by atoms with Gasteiger partial charge in [0, 0.05) is 5.56 Å². The molecule has 0 aromatic heterocycles. The molecule has 2 aliphatic heterocycles. The maximum Gasteiger partial charge on any atom is 0.266 e. The van der Waals surface area contributed by atoms with E-state index in [1.165, 1.54) is 4.90 Å². The van der Waals surface area contributed by atoms with Crippen molar-refractivity contribution in [2.75, 3.05) is 16.6 Å². The van der Waals surface area contributed by atoms with Crippen LogP contribution in [0.4, 0.5) is 11.4 Å². The van der Waals surface area contributed by atoms with E-state index in [2.05, 4.69) is 0 Å². The Bertz CT molecular complexity index is 1150. The second-order valence-corrected chi connectivity index (χ2v) is 7.66. The number of hydroxylamine groups is 1. The molecule has 3 aromatic carbocycles. The molecule has 2 fully saturated rings. The summed E-state index contributed by atoms with van der Waals surface area (Å²) >= 11 is 0. The number of para-hydroxylation sites is 2. The first-order valence-electron chi connectivity index (χ1n) is 10.5. The van der Waals surface area contributed by atoms with Crippen molar-refractivity contribution in [2.45, 2.75) is 19.1 Å². The minimum Gasteiger partial charge on any atom is -0.508 e. The lowest BCUT2D eigenvalue weighted by Crippen LogP contribution is -2.37. The normalized spacial score (nSPS) is 22.3. The molecule has 3 aromatic rings. The molecule has 0 aliphatic carbocycles. The van der Waals surface area contributed by atoms with Gasteiger partial charge in [0.05, 0.1) is 24.0 Å². The minimum atomic E-state index is -0.987. The SMILES string of the molecule is CCOc1ccc(N2C(=O)[C@H]3[C@@H](c4ccccc4O)N(c4ccccc4)O[C@H]3C2=O)cc1. The third-order valence-corrected chi connectivity index (χ3v) is 5.79. The molecule has 3 atom stereocenters. The van der Waals surface area contributed by atoms with Crippen LogP contribution in [-0.4, -0.2) is 29.6 Å². The molecule has 0 saturated carbocycles. The van der Waals surface area contributed by atoms with Crippen LogP contribution in [0.1, 0.15) is 18.5 Å². The molecule has 1 N–H and O–H groups in total. The number of phenols is 1. The number of rotatable bonds is 5. The highest BCUT2D eigenvalue weighted by Gasteiger charge is 2.60. The van der Waals surface area contributed by atoms with Crippen molar-refractivity contribution in [1.29, 1.82) is 0 Å². The Morgan fingerprint density at radius 1 is 0.875 bits per heavy atom. The van der Waals surface area contributed by atoms with E-state index in [0.717, 1.165) is 0 Å². The first-order chi connectivity index (χ1) is 15.6. The van der Waals surface area contributed by atoms with Crippen LogP contribution >= 0.6 is 0 Å². The predicted octanol–water partition coefficient (Wildman–Crippen LogP) is 3.84. The second kappa shape index (κ2) is 8.01. The van der Waals surface area contributed by atoms with Crippen LogP contribution in [-0.2, 0) is 14.4 Å². The standard InChI is InChI=1S/C25H22N2O5/c1-2-31-18-14-12-16(13-15-18)26-24(29)21-22(19-10-6-7-11-20(19)28)27(32-23(21)25(26)30)17-8-4-3-5-9-17/h3-15,21-23,28H,2H2,1H3/t21-,22+,23+/m0/s1. The molecule has 162 valence electrons. The van der Waals surface area contributed by atoms with Crippen molar-refractivity contribution >= 4 is 23.2 Å². The molecular weight excluding hydrogens is 408 g/mol. The number of benzene rings is 3. The van der Waals surface area contributed by atoms with Crippen molar-refractivity contribution in [2.24, 2.45) is 5.92 Å². The summed E-state index contributed by atoms with van der Waals surface area (Å²) in [5, 5.41) is 12.1. The molecule has 0 bridgehead atoms. The van der Waals surface area contributed by atoms with Crippen LogP contribution in [0.2, 0.25) is 0 Å². The van der Waals surface area contributed by atoms with Crippen LogP contribution < -0.4 is 14.7 Å². The number of imide groups is 1. The molecule has 2 aliphatic rings. The number of carbonyl (C=O) groups excluding carboxylic acids is 2. The summed E-state index contributed by atoms with van der Waals surface area (Å²) in [7, 11) is 0. The summed E-state index contributed by atoms with van der Waals surface area (Å²) in [5.74, 6) is -0.891. The van der Waals surface area contributed by atoms with Gasteiger partial charge in [0.15, 0.2) is 6.10 Å². The topological polar surface area (TPSA) is 79.3 Å². The monoisotopic (exact) mass is 430 g/mol. The number of amides is 2. The van der Waals surface area contributed by atoms with Crippen LogP contribution in [0, 0.1) is 5.92 Å². The molecule has 32 heavy (non-hydrogen) atoms. The van der Waals surface area contributed by atoms with Gasteiger partial charge in [0.25, 0.3) is 5.91 Å². The predicted molar refractivity (Wildman–Crippen MR) is 118 cm³/mol. The molecule has 2 amide bonds. The lowest BCUT2D eigenvalue weighted by molar-refractivity contribution is -0.126. The van der Waals surface area contributed by atoms with Gasteiger partial charge < -0.3 is 9.84 Å². The van der Waals surface area contributed by atoms with Gasteiger partial charge in [0.1, 0.15) is 17.4 Å². The first kappa shape index (κ1) is 20.1. The number of ether oxygens (including phenoxy) is 1. The fourth-order valence-electron chi connectivity index (χ4n) is 4.38. The number of aromatic hydroxyl groups is 1. The molecule has 2 saturated heterocycles. The maximum atomic E-state index is 13.6. The van der Waals surface area contributed by atoms with Crippen molar-refractivity contribution in [3.8, 4) is 11.5 Å². The molecule has 0 spiro atoms. The van der Waals surface area contributed by atoms with Gasteiger partial charge in [-0.05, 0) is 49.4 Å². The molecule has 7 nitrogen and oxygen atoms in total. The zero-order valence-corrected chi connectivity index (χ0v) is 17.4.